The van der Waals surface area contributed by atoms with Crippen LogP contribution in [-0.4, -0.2) is 42.1 Å². The first-order valence-electron chi connectivity index (χ1n) is 6.04. The second kappa shape index (κ2) is 5.89. The third-order valence-electron chi connectivity index (χ3n) is 3.24. The fraction of sp³-hybridized carbons (Fsp3) is 0.538. The van der Waals surface area contributed by atoms with Crippen LogP contribution in [-0.2, 0) is 11.3 Å². The molecule has 0 aliphatic carbocycles. The van der Waals surface area contributed by atoms with Crippen LogP contribution in [0.3, 0.4) is 0 Å². The van der Waals surface area contributed by atoms with Crippen molar-refractivity contribution in [2.45, 2.75) is 25.7 Å². The Morgan fingerprint density at radius 3 is 2.89 bits per heavy atom. The molecule has 1 aliphatic heterocycles. The largest absolute Gasteiger partial charge is 0.394 e. The number of aliphatic hydroxyl groups is 2. The third-order valence-corrected chi connectivity index (χ3v) is 3.54. The Labute approximate surface area is 112 Å². The number of hydrogen-bond acceptors (Lipinski definition) is 4. The van der Waals surface area contributed by atoms with Crippen molar-refractivity contribution < 1.29 is 14.9 Å². The van der Waals surface area contributed by atoms with Gasteiger partial charge in [-0.15, -0.1) is 0 Å². The Bertz CT molecular complexity index is 413. The normalized spacial score (nSPS) is 24.3. The van der Waals surface area contributed by atoms with Crippen molar-refractivity contribution in [1.29, 1.82) is 0 Å². The Hall–Kier alpha value is -0.810. The Morgan fingerprint density at radius 1 is 1.44 bits per heavy atom. The molecule has 2 unspecified atom stereocenters. The highest BCUT2D eigenvalue weighted by molar-refractivity contribution is 6.33. The molecule has 1 saturated heterocycles. The van der Waals surface area contributed by atoms with Gasteiger partial charge in [0.15, 0.2) is 0 Å². The van der Waals surface area contributed by atoms with Crippen LogP contribution in [0.1, 0.15) is 12.5 Å². The van der Waals surface area contributed by atoms with Crippen LogP contribution < -0.4 is 4.90 Å². The van der Waals surface area contributed by atoms with E-state index in [2.05, 4.69) is 4.90 Å². The lowest BCUT2D eigenvalue weighted by molar-refractivity contribution is -0.0104. The number of rotatable bonds is 3. The topological polar surface area (TPSA) is 52.9 Å². The second-order valence-corrected chi connectivity index (χ2v) is 4.95. The van der Waals surface area contributed by atoms with Gasteiger partial charge in [-0.25, -0.2) is 0 Å². The van der Waals surface area contributed by atoms with Crippen LogP contribution in [0.5, 0.6) is 0 Å². The molecule has 0 amide bonds. The summed E-state index contributed by atoms with van der Waals surface area (Å²) in [6, 6.07) is 5.66. The molecule has 0 saturated carbocycles. The maximum Gasteiger partial charge on any atom is 0.0981 e. The molecular weight excluding hydrogens is 254 g/mol. The first kappa shape index (κ1) is 13.6. The predicted molar refractivity (Wildman–Crippen MR) is 71.0 cm³/mol. The molecule has 4 nitrogen and oxygen atoms in total. The summed E-state index contributed by atoms with van der Waals surface area (Å²) in [7, 11) is 0. The van der Waals surface area contributed by atoms with E-state index in [-0.39, 0.29) is 25.4 Å². The van der Waals surface area contributed by atoms with Crippen LogP contribution in [0.15, 0.2) is 18.2 Å². The van der Waals surface area contributed by atoms with Crippen molar-refractivity contribution >= 4 is 17.3 Å². The highest BCUT2D eigenvalue weighted by atomic mass is 35.5. The van der Waals surface area contributed by atoms with Gasteiger partial charge in [0.2, 0.25) is 0 Å². The van der Waals surface area contributed by atoms with E-state index < -0.39 is 0 Å². The van der Waals surface area contributed by atoms with Crippen LogP contribution >= 0.6 is 11.6 Å². The first-order valence-corrected chi connectivity index (χ1v) is 6.42. The van der Waals surface area contributed by atoms with Gasteiger partial charge in [0.05, 0.1) is 36.6 Å². The predicted octanol–water partition coefficient (Wildman–Crippen LogP) is 1.42. The number of nitrogens with zero attached hydrogens (tertiary/aromatic N) is 1. The Morgan fingerprint density at radius 2 is 2.22 bits per heavy atom. The van der Waals surface area contributed by atoms with Crippen molar-refractivity contribution in [3.05, 3.63) is 28.8 Å². The Kier molecular flexibility index (Phi) is 4.45. The van der Waals surface area contributed by atoms with Gasteiger partial charge in [-0.2, -0.15) is 0 Å². The van der Waals surface area contributed by atoms with E-state index in [4.69, 9.17) is 16.3 Å². The van der Waals surface area contributed by atoms with Crippen molar-refractivity contribution in [3.8, 4) is 0 Å². The summed E-state index contributed by atoms with van der Waals surface area (Å²) in [4.78, 5) is 2.10. The highest BCUT2D eigenvalue weighted by Crippen LogP contribution is 2.33. The van der Waals surface area contributed by atoms with Gasteiger partial charge in [0.1, 0.15) is 0 Å². The van der Waals surface area contributed by atoms with Crippen LogP contribution in [0.25, 0.3) is 0 Å². The van der Waals surface area contributed by atoms with E-state index in [0.29, 0.717) is 18.2 Å². The van der Waals surface area contributed by atoms with Crippen molar-refractivity contribution in [2.75, 3.05) is 24.7 Å². The molecule has 2 N–H and O–H groups in total. The minimum Gasteiger partial charge on any atom is -0.394 e. The molecule has 5 heteroatoms. The van der Waals surface area contributed by atoms with Crippen molar-refractivity contribution in [1.82, 2.24) is 0 Å². The summed E-state index contributed by atoms with van der Waals surface area (Å²) in [6.45, 7) is 3.10. The monoisotopic (exact) mass is 271 g/mol. The SMILES string of the molecule is CC1COC(CO)CN1c1c(Cl)cccc1CO. The smallest absolute Gasteiger partial charge is 0.0981 e. The first-order chi connectivity index (χ1) is 8.67. The van der Waals surface area contributed by atoms with Gasteiger partial charge in [0, 0.05) is 18.2 Å². The second-order valence-electron chi connectivity index (χ2n) is 4.54. The fourth-order valence-corrected chi connectivity index (χ4v) is 2.55. The van der Waals surface area contributed by atoms with E-state index >= 15 is 0 Å². The molecule has 1 heterocycles. The minimum atomic E-state index is -0.205. The lowest BCUT2D eigenvalue weighted by Crippen LogP contribution is -2.50. The van der Waals surface area contributed by atoms with Gasteiger partial charge in [0.25, 0.3) is 0 Å². The molecule has 2 rings (SSSR count). The molecular formula is C13H18ClNO3. The van der Waals surface area contributed by atoms with Gasteiger partial charge in [-0.05, 0) is 13.0 Å². The van der Waals surface area contributed by atoms with E-state index in [1.54, 1.807) is 0 Å². The maximum atomic E-state index is 9.42. The van der Waals surface area contributed by atoms with Crippen LogP contribution in [0.2, 0.25) is 5.02 Å². The summed E-state index contributed by atoms with van der Waals surface area (Å²) >= 11 is 6.24. The average molecular weight is 272 g/mol. The number of benzene rings is 1. The number of aliphatic hydroxyl groups excluding tert-OH is 2. The van der Waals surface area contributed by atoms with E-state index in [9.17, 15) is 10.2 Å². The molecule has 18 heavy (non-hydrogen) atoms. The number of ether oxygens (including phenoxy) is 1. The van der Waals surface area contributed by atoms with Crippen molar-refractivity contribution in [3.63, 3.8) is 0 Å². The van der Waals surface area contributed by atoms with Gasteiger partial charge >= 0.3 is 0 Å². The molecule has 1 fully saturated rings. The van der Waals surface area contributed by atoms with Crippen LogP contribution in [0, 0.1) is 0 Å². The van der Waals surface area contributed by atoms with Crippen LogP contribution in [0.4, 0.5) is 5.69 Å². The number of morpholine rings is 1. The van der Waals surface area contributed by atoms with Crippen molar-refractivity contribution in [2.24, 2.45) is 0 Å². The fourth-order valence-electron chi connectivity index (χ4n) is 2.25. The lowest BCUT2D eigenvalue weighted by Gasteiger charge is -2.40. The van der Waals surface area contributed by atoms with Gasteiger partial charge in [-0.1, -0.05) is 23.7 Å². The standard InChI is InChI=1S/C13H18ClNO3/c1-9-8-18-11(7-17)5-15(9)13-10(6-16)3-2-4-12(13)14/h2-4,9,11,16-17H,5-8H2,1H3. The minimum absolute atomic E-state index is 0.0118. The molecule has 1 aliphatic rings. The number of hydrogen-bond donors (Lipinski definition) is 2. The number of halogens is 1. The average Bonchev–Trinajstić information content (AvgIpc) is 2.39. The molecule has 0 spiro atoms. The summed E-state index contributed by atoms with van der Waals surface area (Å²) in [5.74, 6) is 0. The quantitative estimate of drug-likeness (QED) is 0.873. The molecule has 1 aromatic carbocycles. The van der Waals surface area contributed by atoms with Gasteiger partial charge in [-0.3, -0.25) is 0 Å². The molecule has 2 atom stereocenters. The zero-order valence-electron chi connectivity index (χ0n) is 10.3. The summed E-state index contributed by atoms with van der Waals surface area (Å²) in [6.07, 6.45) is -0.205. The zero-order valence-corrected chi connectivity index (χ0v) is 11.1. The Balaban J connectivity index is 2.34. The van der Waals surface area contributed by atoms with E-state index in [1.807, 2.05) is 25.1 Å². The molecule has 1 aromatic rings. The molecule has 0 aromatic heterocycles. The van der Waals surface area contributed by atoms with E-state index in [0.717, 1.165) is 11.3 Å². The lowest BCUT2D eigenvalue weighted by atomic mass is 10.1. The number of anilines is 1. The van der Waals surface area contributed by atoms with E-state index in [1.165, 1.54) is 0 Å². The molecule has 0 bridgehead atoms. The molecule has 0 radical (unpaired) electrons. The maximum absolute atomic E-state index is 9.42. The summed E-state index contributed by atoms with van der Waals surface area (Å²) < 4.78 is 5.51. The van der Waals surface area contributed by atoms with Gasteiger partial charge < -0.3 is 19.8 Å². The summed E-state index contributed by atoms with van der Waals surface area (Å²) in [5.41, 5.74) is 1.64. The molecule has 100 valence electrons. The third kappa shape index (κ3) is 2.62. The number of para-hydroxylation sites is 1. The highest BCUT2D eigenvalue weighted by Gasteiger charge is 2.28. The zero-order chi connectivity index (χ0) is 13.1. The summed E-state index contributed by atoms with van der Waals surface area (Å²) in [5, 5.41) is 19.2.